The third-order valence-electron chi connectivity index (χ3n) is 1.07. The molecule has 0 aliphatic rings. The van der Waals surface area contributed by atoms with E-state index in [0.29, 0.717) is 13.0 Å². The number of rotatable bonds is 7. The van der Waals surface area contributed by atoms with E-state index in [-0.39, 0.29) is 0 Å². The summed E-state index contributed by atoms with van der Waals surface area (Å²) in [5, 5.41) is 2.60. The summed E-state index contributed by atoms with van der Waals surface area (Å²) in [4.78, 5) is 9.27. The van der Waals surface area contributed by atoms with Crippen LogP contribution in [0.1, 0.15) is 26.7 Å². The molecule has 0 heterocycles. The molecule has 0 aliphatic carbocycles. The van der Waals surface area contributed by atoms with E-state index in [0.717, 1.165) is 13.0 Å². The first-order valence-corrected chi connectivity index (χ1v) is 5.24. The Kier molecular flexibility index (Phi) is 38.1. The number of nitroso groups, excluding NO2 is 1. The van der Waals surface area contributed by atoms with Gasteiger partial charge in [-0.15, -0.1) is 13.2 Å². The van der Waals surface area contributed by atoms with Crippen LogP contribution in [0.2, 0.25) is 0 Å². The zero-order valence-electron chi connectivity index (χ0n) is 10.3. The molecule has 0 aromatic rings. The summed E-state index contributed by atoms with van der Waals surface area (Å²) in [6, 6.07) is 0. The Morgan fingerprint density at radius 3 is 2.00 bits per heavy atom. The van der Waals surface area contributed by atoms with Crippen molar-refractivity contribution < 1.29 is 0 Å². The van der Waals surface area contributed by atoms with Crippen molar-refractivity contribution in [2.45, 2.75) is 26.7 Å². The third kappa shape index (κ3) is 43.7. The number of hydrogen-bond donors (Lipinski definition) is 2. The van der Waals surface area contributed by atoms with Gasteiger partial charge >= 0.3 is 0 Å². The summed E-state index contributed by atoms with van der Waals surface area (Å²) in [5.74, 6) is 0. The molecule has 4 heteroatoms. The molecule has 2 N–H and O–H groups in total. The molecule has 0 unspecified atom stereocenters. The maximum absolute atomic E-state index is 9.27. The summed E-state index contributed by atoms with van der Waals surface area (Å²) in [6.45, 7) is 12.3. The minimum absolute atomic E-state index is 0.365. The zero-order valence-corrected chi connectivity index (χ0v) is 10.3. The van der Waals surface area contributed by atoms with Crippen LogP contribution in [0.4, 0.5) is 0 Å². The molecule has 4 nitrogen and oxygen atoms in total. The van der Waals surface area contributed by atoms with Crippen LogP contribution in [-0.4, -0.2) is 20.1 Å². The average molecular weight is 215 g/mol. The molecule has 0 atom stereocenters. The molecule has 0 saturated heterocycles. The Labute approximate surface area is 93.8 Å². The normalized spacial score (nSPS) is 7.40. The number of hydrazine groups is 1. The predicted octanol–water partition coefficient (Wildman–Crippen LogP) is 2.64. The molecule has 0 amide bonds. The van der Waals surface area contributed by atoms with Gasteiger partial charge in [0.25, 0.3) is 0 Å². The molecule has 0 bridgehead atoms. The Morgan fingerprint density at radius 1 is 1.20 bits per heavy atom. The van der Waals surface area contributed by atoms with Crippen molar-refractivity contribution in [3.8, 4) is 0 Å². The smallest absolute Gasteiger partial charge is 0.0845 e. The first kappa shape index (κ1) is 19.6. The molecule has 0 rings (SSSR count). The van der Waals surface area contributed by atoms with Crippen LogP contribution in [0.5, 0.6) is 0 Å². The van der Waals surface area contributed by atoms with E-state index in [2.05, 4.69) is 29.2 Å². The van der Waals surface area contributed by atoms with E-state index in [4.69, 9.17) is 0 Å². The van der Waals surface area contributed by atoms with Gasteiger partial charge in [0.05, 0.1) is 6.54 Å². The van der Waals surface area contributed by atoms with E-state index in [9.17, 15) is 4.91 Å². The molecule has 0 aromatic heterocycles. The van der Waals surface area contributed by atoms with Gasteiger partial charge in [0.1, 0.15) is 0 Å². The topological polar surface area (TPSA) is 53.5 Å². The van der Waals surface area contributed by atoms with Crippen molar-refractivity contribution in [1.82, 2.24) is 10.9 Å². The van der Waals surface area contributed by atoms with E-state index >= 15 is 0 Å². The van der Waals surface area contributed by atoms with E-state index in [1.165, 1.54) is 0 Å². The van der Waals surface area contributed by atoms with Gasteiger partial charge in [-0.2, -0.15) is 4.91 Å². The minimum atomic E-state index is 0.365. The molecule has 0 aliphatic heterocycles. The standard InChI is InChI=1S/C5H12N2.C4H7NO.C2H6/c1-3-4-5-7-6-2;1-2-3-4-5-6;1-2/h3,6-7H,1,4-5H2,2H3;2H,1,3-4H2;1-2H3. The highest BCUT2D eigenvalue weighted by molar-refractivity contribution is 4.66. The summed E-state index contributed by atoms with van der Waals surface area (Å²) in [5.41, 5.74) is 5.73. The number of nitrogens with zero attached hydrogens (tertiary/aromatic N) is 1. The van der Waals surface area contributed by atoms with Gasteiger partial charge in [0.2, 0.25) is 0 Å². The molecule has 0 radical (unpaired) electrons. The largest absolute Gasteiger partial charge is 0.261 e. The quantitative estimate of drug-likeness (QED) is 0.297. The lowest BCUT2D eigenvalue weighted by atomic mass is 10.4. The molecule has 90 valence electrons. The highest BCUT2D eigenvalue weighted by atomic mass is 16.3. The Balaban J connectivity index is -0.000000166. The second-order valence-electron chi connectivity index (χ2n) is 2.18. The maximum Gasteiger partial charge on any atom is 0.0845 e. The molecular weight excluding hydrogens is 190 g/mol. The van der Waals surface area contributed by atoms with Crippen molar-refractivity contribution in [2.75, 3.05) is 20.1 Å². The summed E-state index contributed by atoms with van der Waals surface area (Å²) < 4.78 is 0. The van der Waals surface area contributed by atoms with Gasteiger partial charge in [0.15, 0.2) is 0 Å². The van der Waals surface area contributed by atoms with Gasteiger partial charge < -0.3 is 0 Å². The molecule has 15 heavy (non-hydrogen) atoms. The second-order valence-corrected chi connectivity index (χ2v) is 2.18. The first-order chi connectivity index (χ1) is 7.33. The fourth-order valence-electron chi connectivity index (χ4n) is 0.443. The van der Waals surface area contributed by atoms with Crippen LogP contribution in [0.15, 0.2) is 30.5 Å². The summed E-state index contributed by atoms with van der Waals surface area (Å²) in [6.07, 6.45) is 5.26. The predicted molar refractivity (Wildman–Crippen MR) is 68.7 cm³/mol. The minimum Gasteiger partial charge on any atom is -0.261 e. The van der Waals surface area contributed by atoms with Crippen molar-refractivity contribution in [3.63, 3.8) is 0 Å². The second kappa shape index (κ2) is 29.2. The van der Waals surface area contributed by atoms with Gasteiger partial charge in [-0.1, -0.05) is 31.2 Å². The van der Waals surface area contributed by atoms with Crippen LogP contribution in [0.25, 0.3) is 0 Å². The Hall–Kier alpha value is -1.00. The van der Waals surface area contributed by atoms with Crippen molar-refractivity contribution >= 4 is 0 Å². The van der Waals surface area contributed by atoms with Crippen LogP contribution >= 0.6 is 0 Å². The fourth-order valence-corrected chi connectivity index (χ4v) is 0.443. The van der Waals surface area contributed by atoms with Crippen LogP contribution in [0.3, 0.4) is 0 Å². The zero-order chi connectivity index (χ0) is 12.4. The van der Waals surface area contributed by atoms with Gasteiger partial charge in [-0.3, -0.25) is 10.9 Å². The average Bonchev–Trinajstić information content (AvgIpc) is 2.31. The molecule has 0 fully saturated rings. The van der Waals surface area contributed by atoms with Crippen LogP contribution in [-0.2, 0) is 0 Å². The molecule has 0 saturated carbocycles. The molecular formula is C11H25N3O. The SMILES string of the molecule is C=CCCN=O.C=CCCNNC.CC. The Morgan fingerprint density at radius 2 is 1.73 bits per heavy atom. The number of hydrogen-bond acceptors (Lipinski definition) is 4. The van der Waals surface area contributed by atoms with Gasteiger partial charge in [-0.25, -0.2) is 0 Å². The van der Waals surface area contributed by atoms with Gasteiger partial charge in [0, 0.05) is 6.54 Å². The first-order valence-electron chi connectivity index (χ1n) is 5.24. The van der Waals surface area contributed by atoms with Crippen LogP contribution < -0.4 is 10.9 Å². The lowest BCUT2D eigenvalue weighted by Gasteiger charge is -1.95. The van der Waals surface area contributed by atoms with E-state index < -0.39 is 0 Å². The van der Waals surface area contributed by atoms with Gasteiger partial charge in [-0.05, 0) is 19.9 Å². The monoisotopic (exact) mass is 215 g/mol. The van der Waals surface area contributed by atoms with E-state index in [1.54, 1.807) is 6.08 Å². The highest BCUT2D eigenvalue weighted by Crippen LogP contribution is 1.76. The third-order valence-corrected chi connectivity index (χ3v) is 1.07. The summed E-state index contributed by atoms with van der Waals surface area (Å²) in [7, 11) is 1.85. The lowest BCUT2D eigenvalue weighted by Crippen LogP contribution is -2.27. The van der Waals surface area contributed by atoms with Crippen molar-refractivity contribution in [1.29, 1.82) is 0 Å². The van der Waals surface area contributed by atoms with Crippen LogP contribution in [0, 0.1) is 4.91 Å². The highest BCUT2D eigenvalue weighted by Gasteiger charge is 1.73. The Bertz CT molecular complexity index is 119. The van der Waals surface area contributed by atoms with E-state index in [1.807, 2.05) is 27.0 Å². The van der Waals surface area contributed by atoms with Crippen molar-refractivity contribution in [2.24, 2.45) is 5.18 Å². The number of nitrogens with one attached hydrogen (secondary N) is 2. The lowest BCUT2D eigenvalue weighted by molar-refractivity contribution is 0.603. The maximum atomic E-state index is 9.27. The molecule has 0 spiro atoms. The fraction of sp³-hybridized carbons (Fsp3) is 0.636. The summed E-state index contributed by atoms with van der Waals surface area (Å²) >= 11 is 0. The molecule has 0 aromatic carbocycles. The van der Waals surface area contributed by atoms with Crippen molar-refractivity contribution in [3.05, 3.63) is 30.2 Å².